The second kappa shape index (κ2) is 8.93. The van der Waals surface area contributed by atoms with Gasteiger partial charge in [0.15, 0.2) is 0 Å². The van der Waals surface area contributed by atoms with Crippen molar-refractivity contribution in [3.63, 3.8) is 0 Å². The predicted molar refractivity (Wildman–Crippen MR) is 119 cm³/mol. The number of piperazine rings is 1. The van der Waals surface area contributed by atoms with Gasteiger partial charge in [-0.25, -0.2) is 13.4 Å². The molecule has 4 rings (SSSR count). The van der Waals surface area contributed by atoms with E-state index in [-0.39, 0.29) is 36.3 Å². The van der Waals surface area contributed by atoms with Crippen LogP contribution < -0.4 is 10.6 Å². The molecule has 0 bridgehead atoms. The summed E-state index contributed by atoms with van der Waals surface area (Å²) in [7, 11) is -3.79. The van der Waals surface area contributed by atoms with Crippen LogP contribution in [-0.2, 0) is 21.4 Å². The van der Waals surface area contributed by atoms with Gasteiger partial charge in [0.05, 0.1) is 11.4 Å². The highest BCUT2D eigenvalue weighted by Gasteiger charge is 2.29. The number of hydrogen-bond donors (Lipinski definition) is 2. The summed E-state index contributed by atoms with van der Waals surface area (Å²) in [6.07, 6.45) is 3.67. The average molecular weight is 454 g/mol. The van der Waals surface area contributed by atoms with Crippen LogP contribution in [0, 0.1) is 6.92 Å². The zero-order valence-electron chi connectivity index (χ0n) is 17.5. The number of carbonyl (C=O) groups excluding carboxylic acids is 2. The fourth-order valence-corrected chi connectivity index (χ4v) is 4.81. The van der Waals surface area contributed by atoms with Gasteiger partial charge in [0, 0.05) is 43.3 Å². The standard InChI is InChI=1S/C22H23N5O4S/c1-16-23-10-12-26(16)14-17-2-6-19(7-3-17)25-22(29)18-4-8-20(9-5-18)32(30,31)27-13-11-24-21(28)15-27/h2-10,12H,11,13-15H2,1H3,(H,24,28)(H,25,29). The molecular formula is C22H23N5O4S. The molecule has 1 aliphatic rings. The molecule has 0 aliphatic carbocycles. The van der Waals surface area contributed by atoms with Gasteiger partial charge in [0.2, 0.25) is 15.9 Å². The van der Waals surface area contributed by atoms with Gasteiger partial charge in [-0.15, -0.1) is 0 Å². The Labute approximate surface area is 186 Å². The van der Waals surface area contributed by atoms with Crippen molar-refractivity contribution in [2.45, 2.75) is 18.4 Å². The maximum atomic E-state index is 12.7. The van der Waals surface area contributed by atoms with Gasteiger partial charge < -0.3 is 15.2 Å². The lowest BCUT2D eigenvalue weighted by molar-refractivity contribution is -0.122. The molecule has 0 radical (unpaired) electrons. The first-order chi connectivity index (χ1) is 15.3. The van der Waals surface area contributed by atoms with Crippen molar-refractivity contribution in [3.8, 4) is 0 Å². The van der Waals surface area contributed by atoms with Crippen molar-refractivity contribution in [2.75, 3.05) is 25.0 Å². The lowest BCUT2D eigenvalue weighted by Gasteiger charge is -2.25. The van der Waals surface area contributed by atoms with Crippen molar-refractivity contribution in [1.82, 2.24) is 19.2 Å². The normalized spacial score (nSPS) is 14.7. The first kappa shape index (κ1) is 21.7. The van der Waals surface area contributed by atoms with Gasteiger partial charge >= 0.3 is 0 Å². The summed E-state index contributed by atoms with van der Waals surface area (Å²) in [6.45, 7) is 2.91. The molecule has 10 heteroatoms. The van der Waals surface area contributed by atoms with E-state index in [0.29, 0.717) is 17.8 Å². The summed E-state index contributed by atoms with van der Waals surface area (Å²) in [5.41, 5.74) is 2.04. The monoisotopic (exact) mass is 453 g/mol. The van der Waals surface area contributed by atoms with Crippen LogP contribution in [0.4, 0.5) is 5.69 Å². The number of anilines is 1. The van der Waals surface area contributed by atoms with Crippen LogP contribution >= 0.6 is 0 Å². The van der Waals surface area contributed by atoms with E-state index in [1.165, 1.54) is 24.3 Å². The molecule has 9 nitrogen and oxygen atoms in total. The molecule has 1 aromatic heterocycles. The van der Waals surface area contributed by atoms with Crippen LogP contribution in [-0.4, -0.2) is 53.7 Å². The molecule has 3 aromatic rings. The Balaban J connectivity index is 1.40. The summed E-state index contributed by atoms with van der Waals surface area (Å²) >= 11 is 0. The number of nitrogens with zero attached hydrogens (tertiary/aromatic N) is 3. The van der Waals surface area contributed by atoms with Crippen molar-refractivity contribution in [3.05, 3.63) is 77.9 Å². The van der Waals surface area contributed by atoms with E-state index in [2.05, 4.69) is 15.6 Å². The van der Waals surface area contributed by atoms with Crippen molar-refractivity contribution < 1.29 is 18.0 Å². The third kappa shape index (κ3) is 4.71. The summed E-state index contributed by atoms with van der Waals surface area (Å²) in [5, 5.41) is 5.41. The minimum Gasteiger partial charge on any atom is -0.354 e. The average Bonchev–Trinajstić information content (AvgIpc) is 3.19. The molecule has 2 heterocycles. The Kier molecular flexibility index (Phi) is 6.06. The molecule has 0 unspecified atom stereocenters. The summed E-state index contributed by atoms with van der Waals surface area (Å²) in [5.74, 6) is 0.253. The van der Waals surface area contributed by atoms with Crippen LogP contribution in [0.25, 0.3) is 0 Å². The largest absolute Gasteiger partial charge is 0.354 e. The number of carbonyl (C=O) groups is 2. The molecule has 2 amide bonds. The van der Waals surface area contributed by atoms with Crippen LogP contribution in [0.15, 0.2) is 65.8 Å². The quantitative estimate of drug-likeness (QED) is 0.589. The van der Waals surface area contributed by atoms with Gasteiger partial charge in [0.1, 0.15) is 5.82 Å². The second-order valence-corrected chi connectivity index (χ2v) is 9.40. The number of rotatable bonds is 6. The Morgan fingerprint density at radius 3 is 2.47 bits per heavy atom. The van der Waals surface area contributed by atoms with Gasteiger partial charge in [-0.2, -0.15) is 4.31 Å². The second-order valence-electron chi connectivity index (χ2n) is 7.47. The summed E-state index contributed by atoms with van der Waals surface area (Å²) in [4.78, 5) is 28.3. The molecule has 1 aliphatic heterocycles. The predicted octanol–water partition coefficient (Wildman–Crippen LogP) is 1.61. The summed E-state index contributed by atoms with van der Waals surface area (Å²) < 4.78 is 28.6. The molecule has 2 aromatic carbocycles. The van der Waals surface area contributed by atoms with E-state index in [9.17, 15) is 18.0 Å². The molecule has 0 atom stereocenters. The van der Waals surface area contributed by atoms with Gasteiger partial charge in [-0.05, 0) is 48.9 Å². The fraction of sp³-hybridized carbons (Fsp3) is 0.227. The van der Waals surface area contributed by atoms with E-state index in [1.54, 1.807) is 6.20 Å². The van der Waals surface area contributed by atoms with E-state index in [0.717, 1.165) is 15.7 Å². The van der Waals surface area contributed by atoms with E-state index in [1.807, 2.05) is 42.0 Å². The highest BCUT2D eigenvalue weighted by atomic mass is 32.2. The van der Waals surface area contributed by atoms with E-state index >= 15 is 0 Å². The van der Waals surface area contributed by atoms with Gasteiger partial charge in [0.25, 0.3) is 5.91 Å². The fourth-order valence-electron chi connectivity index (χ4n) is 3.41. The number of benzene rings is 2. The number of amides is 2. The Morgan fingerprint density at radius 2 is 1.84 bits per heavy atom. The highest BCUT2D eigenvalue weighted by Crippen LogP contribution is 2.18. The first-order valence-electron chi connectivity index (χ1n) is 10.1. The smallest absolute Gasteiger partial charge is 0.255 e. The molecular weight excluding hydrogens is 430 g/mol. The maximum Gasteiger partial charge on any atom is 0.255 e. The van der Waals surface area contributed by atoms with E-state index in [4.69, 9.17) is 0 Å². The zero-order chi connectivity index (χ0) is 22.7. The molecule has 166 valence electrons. The molecule has 0 saturated carbocycles. The van der Waals surface area contributed by atoms with Crippen molar-refractivity contribution >= 4 is 27.5 Å². The van der Waals surface area contributed by atoms with Crippen molar-refractivity contribution in [1.29, 1.82) is 0 Å². The minimum atomic E-state index is -3.79. The molecule has 1 saturated heterocycles. The Bertz CT molecular complexity index is 1230. The van der Waals surface area contributed by atoms with Gasteiger partial charge in [-0.3, -0.25) is 9.59 Å². The molecule has 1 fully saturated rings. The van der Waals surface area contributed by atoms with Crippen LogP contribution in [0.3, 0.4) is 0 Å². The SMILES string of the molecule is Cc1nccn1Cc1ccc(NC(=O)c2ccc(S(=O)(=O)N3CCNC(=O)C3)cc2)cc1. The minimum absolute atomic E-state index is 0.0444. The van der Waals surface area contributed by atoms with Crippen LogP contribution in [0.2, 0.25) is 0 Å². The molecule has 2 N–H and O–H groups in total. The Hall–Kier alpha value is -3.50. The molecule has 0 spiro atoms. The van der Waals surface area contributed by atoms with Crippen molar-refractivity contribution in [2.24, 2.45) is 0 Å². The Morgan fingerprint density at radius 1 is 1.12 bits per heavy atom. The van der Waals surface area contributed by atoms with E-state index < -0.39 is 10.0 Å². The number of imidazole rings is 1. The number of aryl methyl sites for hydroxylation is 1. The van der Waals surface area contributed by atoms with Crippen LogP contribution in [0.1, 0.15) is 21.7 Å². The topological polar surface area (TPSA) is 113 Å². The lowest BCUT2D eigenvalue weighted by atomic mass is 10.2. The third-order valence-corrected chi connectivity index (χ3v) is 7.11. The van der Waals surface area contributed by atoms with Crippen LogP contribution in [0.5, 0.6) is 0 Å². The summed E-state index contributed by atoms with van der Waals surface area (Å²) in [6, 6.07) is 13.2. The molecule has 32 heavy (non-hydrogen) atoms. The number of sulfonamides is 1. The lowest BCUT2D eigenvalue weighted by Crippen LogP contribution is -2.49. The van der Waals surface area contributed by atoms with Gasteiger partial charge in [-0.1, -0.05) is 12.1 Å². The third-order valence-electron chi connectivity index (χ3n) is 5.25. The number of hydrogen-bond acceptors (Lipinski definition) is 5. The zero-order valence-corrected chi connectivity index (χ0v) is 18.3. The number of aromatic nitrogens is 2. The highest BCUT2D eigenvalue weighted by molar-refractivity contribution is 7.89. The maximum absolute atomic E-state index is 12.7. The number of nitrogens with one attached hydrogen (secondary N) is 2. The first-order valence-corrected chi connectivity index (χ1v) is 11.5.